The van der Waals surface area contributed by atoms with E-state index in [-0.39, 0.29) is 11.3 Å². The number of hydrogen-bond donors (Lipinski definition) is 2. The van der Waals surface area contributed by atoms with Crippen molar-refractivity contribution in [2.45, 2.75) is 13.8 Å². The van der Waals surface area contributed by atoms with Crippen LogP contribution in [0.4, 0.5) is 5.95 Å². The predicted molar refractivity (Wildman–Crippen MR) is 138 cm³/mol. The van der Waals surface area contributed by atoms with Crippen molar-refractivity contribution < 1.29 is 9.52 Å². The molecule has 7 nitrogen and oxygen atoms in total. The van der Waals surface area contributed by atoms with Gasteiger partial charge in [0.05, 0.1) is 22.7 Å². The van der Waals surface area contributed by atoms with Gasteiger partial charge in [0.1, 0.15) is 5.75 Å². The van der Waals surface area contributed by atoms with Gasteiger partial charge in [0, 0.05) is 22.6 Å². The van der Waals surface area contributed by atoms with E-state index in [2.05, 4.69) is 20.5 Å². The number of rotatable bonds is 5. The summed E-state index contributed by atoms with van der Waals surface area (Å²) in [6.45, 7) is 3.53. The van der Waals surface area contributed by atoms with Gasteiger partial charge in [0.25, 0.3) is 0 Å². The molecule has 2 heterocycles. The summed E-state index contributed by atoms with van der Waals surface area (Å²) >= 11 is 0. The maximum atomic E-state index is 12.0. The SMILES string of the molecule is C/C(=N/Nc1nc(-c2ccccc2)cc(-c2ccccc2)n1)c1c(O)ccc2c(C)cc(=O)oc12. The quantitative estimate of drug-likeness (QED) is 0.195. The summed E-state index contributed by atoms with van der Waals surface area (Å²) in [6, 6.07) is 26.3. The van der Waals surface area contributed by atoms with Gasteiger partial charge in [-0.1, -0.05) is 60.7 Å². The number of anilines is 1. The lowest BCUT2D eigenvalue weighted by atomic mass is 10.0. The Morgan fingerprint density at radius 1 is 0.886 bits per heavy atom. The zero-order chi connectivity index (χ0) is 24.4. The number of phenolic OH excluding ortho intramolecular Hbond substituents is 1. The van der Waals surface area contributed by atoms with Crippen molar-refractivity contribution >= 4 is 22.6 Å². The third-order valence-corrected chi connectivity index (χ3v) is 5.65. The Hall–Kier alpha value is -4.78. The lowest BCUT2D eigenvalue weighted by Crippen LogP contribution is -2.06. The van der Waals surface area contributed by atoms with E-state index in [0.29, 0.717) is 17.2 Å². The Balaban J connectivity index is 1.58. The van der Waals surface area contributed by atoms with Gasteiger partial charge in [-0.3, -0.25) is 0 Å². The third-order valence-electron chi connectivity index (χ3n) is 5.65. The first-order valence-corrected chi connectivity index (χ1v) is 11.1. The van der Waals surface area contributed by atoms with Gasteiger partial charge in [-0.25, -0.2) is 20.2 Å². The summed E-state index contributed by atoms with van der Waals surface area (Å²) in [5.74, 6) is 0.250. The third kappa shape index (κ3) is 4.52. The Morgan fingerprint density at radius 2 is 1.49 bits per heavy atom. The molecule has 5 aromatic rings. The summed E-state index contributed by atoms with van der Waals surface area (Å²) in [5.41, 5.74) is 7.58. The Morgan fingerprint density at radius 3 is 2.09 bits per heavy atom. The Labute approximate surface area is 201 Å². The molecule has 0 unspecified atom stereocenters. The number of aromatic nitrogens is 2. The van der Waals surface area contributed by atoms with Crippen LogP contribution in [-0.2, 0) is 0 Å². The van der Waals surface area contributed by atoms with Crippen LogP contribution in [0.5, 0.6) is 5.75 Å². The lowest BCUT2D eigenvalue weighted by molar-refractivity contribution is 0.471. The number of phenols is 1. The fourth-order valence-corrected chi connectivity index (χ4v) is 3.92. The number of fused-ring (bicyclic) bond motifs is 1. The van der Waals surface area contributed by atoms with Crippen LogP contribution in [0.15, 0.2) is 99.2 Å². The van der Waals surface area contributed by atoms with Crippen molar-refractivity contribution in [2.24, 2.45) is 5.10 Å². The van der Waals surface area contributed by atoms with Crippen LogP contribution in [0.25, 0.3) is 33.5 Å². The van der Waals surface area contributed by atoms with E-state index in [1.54, 1.807) is 19.1 Å². The molecule has 0 amide bonds. The highest BCUT2D eigenvalue weighted by Gasteiger charge is 2.15. The van der Waals surface area contributed by atoms with Crippen LogP contribution in [0.3, 0.4) is 0 Å². The summed E-state index contributed by atoms with van der Waals surface area (Å²) in [6.07, 6.45) is 0. The van der Waals surface area contributed by atoms with Gasteiger partial charge >= 0.3 is 5.63 Å². The molecule has 0 bridgehead atoms. The zero-order valence-electron chi connectivity index (χ0n) is 19.2. The standard InChI is InChI=1S/C28H22N4O3/c1-17-15-25(34)35-27-21(17)13-14-24(33)26(27)18(2)31-32-28-29-22(19-9-5-3-6-10-19)16-23(30-28)20-11-7-4-8-12-20/h3-16,33H,1-2H3,(H,29,30,32)/b31-18-. The van der Waals surface area contributed by atoms with Crippen molar-refractivity contribution in [3.63, 3.8) is 0 Å². The van der Waals surface area contributed by atoms with Gasteiger partial charge in [0.2, 0.25) is 5.95 Å². The van der Waals surface area contributed by atoms with Crippen LogP contribution >= 0.6 is 0 Å². The van der Waals surface area contributed by atoms with E-state index < -0.39 is 5.63 Å². The fraction of sp³-hybridized carbons (Fsp3) is 0.0714. The Bertz CT molecular complexity index is 1550. The number of hydrazone groups is 1. The van der Waals surface area contributed by atoms with Crippen LogP contribution in [0, 0.1) is 6.92 Å². The summed E-state index contributed by atoms with van der Waals surface area (Å²) in [4.78, 5) is 21.3. The summed E-state index contributed by atoms with van der Waals surface area (Å²) in [5, 5.41) is 15.7. The molecule has 0 aliphatic heterocycles. The topological polar surface area (TPSA) is 101 Å². The number of aryl methyl sites for hydroxylation is 1. The van der Waals surface area contributed by atoms with Crippen LogP contribution in [0.2, 0.25) is 0 Å². The van der Waals surface area contributed by atoms with Crippen molar-refractivity contribution in [1.82, 2.24) is 9.97 Å². The molecule has 0 spiro atoms. The van der Waals surface area contributed by atoms with E-state index >= 15 is 0 Å². The van der Waals surface area contributed by atoms with Gasteiger partial charge in [-0.15, -0.1) is 0 Å². The average molecular weight is 463 g/mol. The molecule has 0 aliphatic carbocycles. The second-order valence-electron chi connectivity index (χ2n) is 8.09. The number of nitrogens with zero attached hydrogens (tertiary/aromatic N) is 3. The Kier molecular flexibility index (Phi) is 5.81. The number of benzene rings is 3. The molecular weight excluding hydrogens is 440 g/mol. The van der Waals surface area contributed by atoms with E-state index in [4.69, 9.17) is 4.42 Å². The molecule has 7 heteroatoms. The summed E-state index contributed by atoms with van der Waals surface area (Å²) < 4.78 is 5.43. The molecule has 35 heavy (non-hydrogen) atoms. The minimum atomic E-state index is -0.492. The first-order chi connectivity index (χ1) is 17.0. The highest BCUT2D eigenvalue weighted by Crippen LogP contribution is 2.29. The highest BCUT2D eigenvalue weighted by atomic mass is 16.4. The van der Waals surface area contributed by atoms with Gasteiger partial charge in [-0.05, 0) is 37.6 Å². The first kappa shape index (κ1) is 22.0. The van der Waals surface area contributed by atoms with Crippen molar-refractivity contribution in [3.8, 4) is 28.3 Å². The molecule has 2 N–H and O–H groups in total. The van der Waals surface area contributed by atoms with Crippen molar-refractivity contribution in [3.05, 3.63) is 106 Å². The van der Waals surface area contributed by atoms with E-state index in [9.17, 15) is 9.90 Å². The van der Waals surface area contributed by atoms with Gasteiger partial charge < -0.3 is 9.52 Å². The zero-order valence-corrected chi connectivity index (χ0v) is 19.2. The minimum Gasteiger partial charge on any atom is -0.507 e. The van der Waals surface area contributed by atoms with Crippen LogP contribution < -0.4 is 11.1 Å². The van der Waals surface area contributed by atoms with Gasteiger partial charge in [-0.2, -0.15) is 5.10 Å². The molecule has 0 atom stereocenters. The molecule has 0 saturated heterocycles. The smallest absolute Gasteiger partial charge is 0.336 e. The normalized spacial score (nSPS) is 11.5. The predicted octanol–water partition coefficient (Wildman–Crippen LogP) is 5.77. The molecule has 2 aromatic heterocycles. The molecule has 0 radical (unpaired) electrons. The minimum absolute atomic E-state index is 0.0433. The largest absolute Gasteiger partial charge is 0.507 e. The first-order valence-electron chi connectivity index (χ1n) is 11.1. The summed E-state index contributed by atoms with van der Waals surface area (Å²) in [7, 11) is 0. The van der Waals surface area contributed by atoms with Gasteiger partial charge in [0.15, 0.2) is 5.58 Å². The maximum Gasteiger partial charge on any atom is 0.336 e. The second kappa shape index (κ2) is 9.23. The molecule has 172 valence electrons. The molecule has 0 saturated carbocycles. The van der Waals surface area contributed by atoms with E-state index in [1.807, 2.05) is 73.7 Å². The van der Waals surface area contributed by atoms with Crippen LogP contribution in [-0.4, -0.2) is 20.8 Å². The molecule has 0 fully saturated rings. The van der Waals surface area contributed by atoms with Crippen molar-refractivity contribution in [1.29, 1.82) is 0 Å². The molecular formula is C28H22N4O3. The van der Waals surface area contributed by atoms with Crippen molar-refractivity contribution in [2.75, 3.05) is 5.43 Å². The monoisotopic (exact) mass is 462 g/mol. The lowest BCUT2D eigenvalue weighted by Gasteiger charge is -2.11. The number of aromatic hydroxyl groups is 1. The molecule has 0 aliphatic rings. The second-order valence-corrected chi connectivity index (χ2v) is 8.09. The highest BCUT2D eigenvalue weighted by molar-refractivity contribution is 6.10. The molecule has 3 aromatic carbocycles. The number of hydrogen-bond acceptors (Lipinski definition) is 7. The number of nitrogens with one attached hydrogen (secondary N) is 1. The maximum absolute atomic E-state index is 12.0. The van der Waals surface area contributed by atoms with Crippen LogP contribution in [0.1, 0.15) is 18.1 Å². The average Bonchev–Trinajstić information content (AvgIpc) is 2.88. The molecule has 5 rings (SSSR count). The fourth-order valence-electron chi connectivity index (χ4n) is 3.92. The van der Waals surface area contributed by atoms with E-state index in [0.717, 1.165) is 33.5 Å². The van der Waals surface area contributed by atoms with E-state index in [1.165, 1.54) is 6.07 Å².